The highest BCUT2D eigenvalue weighted by molar-refractivity contribution is 5.97. The van der Waals surface area contributed by atoms with Gasteiger partial charge in [-0.3, -0.25) is 9.59 Å². The highest BCUT2D eigenvalue weighted by Crippen LogP contribution is 2.23. The quantitative estimate of drug-likeness (QED) is 0.814. The fourth-order valence-electron chi connectivity index (χ4n) is 3.38. The number of amides is 2. The summed E-state index contributed by atoms with van der Waals surface area (Å²) in [6, 6.07) is 0. The van der Waals surface area contributed by atoms with Crippen molar-refractivity contribution in [2.45, 2.75) is 70.4 Å². The van der Waals surface area contributed by atoms with E-state index in [1.807, 2.05) is 13.8 Å². The zero-order chi connectivity index (χ0) is 15.3. The molecule has 0 aromatic heterocycles. The van der Waals surface area contributed by atoms with Gasteiger partial charge in [0.15, 0.2) is 0 Å². The van der Waals surface area contributed by atoms with Crippen molar-refractivity contribution < 1.29 is 14.3 Å². The van der Waals surface area contributed by atoms with E-state index in [-0.39, 0.29) is 18.4 Å². The third kappa shape index (κ3) is 3.76. The van der Waals surface area contributed by atoms with Crippen molar-refractivity contribution >= 4 is 11.8 Å². The molecule has 1 saturated carbocycles. The van der Waals surface area contributed by atoms with Crippen LogP contribution in [0.2, 0.25) is 0 Å². The van der Waals surface area contributed by atoms with Gasteiger partial charge < -0.3 is 15.0 Å². The molecule has 1 aliphatic carbocycles. The van der Waals surface area contributed by atoms with Gasteiger partial charge in [-0.2, -0.15) is 0 Å². The fourth-order valence-corrected chi connectivity index (χ4v) is 3.38. The second-order valence-electron chi connectivity index (χ2n) is 6.19. The Balaban J connectivity index is 1.86. The topological polar surface area (TPSA) is 58.6 Å². The molecule has 120 valence electrons. The SMILES string of the molecule is CCC1(CC)NC(=O)CN(CCOC2CCCCC2)C1=O. The summed E-state index contributed by atoms with van der Waals surface area (Å²) in [6.45, 7) is 5.11. The Bertz CT molecular complexity index is 374. The van der Waals surface area contributed by atoms with Gasteiger partial charge in [-0.15, -0.1) is 0 Å². The van der Waals surface area contributed by atoms with Crippen LogP contribution in [0.15, 0.2) is 0 Å². The van der Waals surface area contributed by atoms with Crippen molar-refractivity contribution in [1.29, 1.82) is 0 Å². The van der Waals surface area contributed by atoms with Crippen molar-refractivity contribution in [3.63, 3.8) is 0 Å². The second kappa shape index (κ2) is 7.25. The summed E-state index contributed by atoms with van der Waals surface area (Å²) in [5.41, 5.74) is -0.708. The van der Waals surface area contributed by atoms with Gasteiger partial charge in [0.1, 0.15) is 5.54 Å². The summed E-state index contributed by atoms with van der Waals surface area (Å²) in [4.78, 5) is 26.1. The van der Waals surface area contributed by atoms with Gasteiger partial charge in [0, 0.05) is 6.54 Å². The van der Waals surface area contributed by atoms with Crippen LogP contribution < -0.4 is 5.32 Å². The van der Waals surface area contributed by atoms with Crippen LogP contribution in [0.1, 0.15) is 58.8 Å². The van der Waals surface area contributed by atoms with E-state index in [0.29, 0.717) is 32.1 Å². The first kappa shape index (κ1) is 16.3. The molecule has 0 aromatic carbocycles. The standard InChI is InChI=1S/C16H28N2O3/c1-3-16(4-2)15(20)18(12-14(19)17-16)10-11-21-13-8-6-5-7-9-13/h13H,3-12H2,1-2H3,(H,17,19). The van der Waals surface area contributed by atoms with E-state index in [1.54, 1.807) is 4.90 Å². The third-order valence-corrected chi connectivity index (χ3v) is 4.88. The number of rotatable bonds is 6. The summed E-state index contributed by atoms with van der Waals surface area (Å²) >= 11 is 0. The first-order valence-corrected chi connectivity index (χ1v) is 8.33. The molecule has 21 heavy (non-hydrogen) atoms. The average molecular weight is 296 g/mol. The lowest BCUT2D eigenvalue weighted by Crippen LogP contribution is -2.66. The first-order chi connectivity index (χ1) is 10.1. The summed E-state index contributed by atoms with van der Waals surface area (Å²) in [5.74, 6) is -0.0182. The Labute approximate surface area is 127 Å². The minimum atomic E-state index is -0.708. The van der Waals surface area contributed by atoms with Crippen LogP contribution in [0.3, 0.4) is 0 Å². The van der Waals surface area contributed by atoms with Gasteiger partial charge in [-0.1, -0.05) is 33.1 Å². The molecule has 0 aromatic rings. The maximum Gasteiger partial charge on any atom is 0.248 e. The van der Waals surface area contributed by atoms with Crippen LogP contribution in [-0.2, 0) is 14.3 Å². The number of piperazine rings is 1. The molecule has 0 atom stereocenters. The van der Waals surface area contributed by atoms with Gasteiger partial charge in [0.05, 0.1) is 19.3 Å². The Kier molecular flexibility index (Phi) is 5.62. The maximum atomic E-state index is 12.6. The van der Waals surface area contributed by atoms with Gasteiger partial charge in [0.2, 0.25) is 11.8 Å². The van der Waals surface area contributed by atoms with Crippen molar-refractivity contribution in [3.8, 4) is 0 Å². The van der Waals surface area contributed by atoms with E-state index in [2.05, 4.69) is 5.32 Å². The molecule has 0 spiro atoms. The zero-order valence-corrected chi connectivity index (χ0v) is 13.3. The van der Waals surface area contributed by atoms with E-state index in [0.717, 1.165) is 12.8 Å². The number of nitrogens with one attached hydrogen (secondary N) is 1. The maximum absolute atomic E-state index is 12.6. The number of nitrogens with zero attached hydrogens (tertiary/aromatic N) is 1. The van der Waals surface area contributed by atoms with Crippen molar-refractivity contribution in [2.24, 2.45) is 0 Å². The monoisotopic (exact) mass is 296 g/mol. The third-order valence-electron chi connectivity index (χ3n) is 4.88. The smallest absolute Gasteiger partial charge is 0.248 e. The lowest BCUT2D eigenvalue weighted by molar-refractivity contribution is -0.151. The average Bonchev–Trinajstić information content (AvgIpc) is 2.51. The lowest BCUT2D eigenvalue weighted by atomic mass is 9.89. The first-order valence-electron chi connectivity index (χ1n) is 8.33. The zero-order valence-electron chi connectivity index (χ0n) is 13.3. The minimum absolute atomic E-state index is 0.0411. The van der Waals surface area contributed by atoms with Gasteiger partial charge >= 0.3 is 0 Å². The molecule has 5 nitrogen and oxygen atoms in total. The molecule has 1 aliphatic heterocycles. The van der Waals surface area contributed by atoms with Crippen LogP contribution in [-0.4, -0.2) is 48.1 Å². The summed E-state index contributed by atoms with van der Waals surface area (Å²) < 4.78 is 5.88. The van der Waals surface area contributed by atoms with Crippen molar-refractivity contribution in [3.05, 3.63) is 0 Å². The molecule has 1 saturated heterocycles. The molecule has 1 heterocycles. The van der Waals surface area contributed by atoms with Crippen LogP contribution in [0.25, 0.3) is 0 Å². The predicted octanol–water partition coefficient (Wildman–Crippen LogP) is 1.85. The van der Waals surface area contributed by atoms with Crippen molar-refractivity contribution in [2.75, 3.05) is 19.7 Å². The molecule has 5 heteroatoms. The largest absolute Gasteiger partial charge is 0.376 e. The Morgan fingerprint density at radius 2 is 1.86 bits per heavy atom. The molecular formula is C16H28N2O3. The van der Waals surface area contributed by atoms with Crippen LogP contribution in [0, 0.1) is 0 Å². The van der Waals surface area contributed by atoms with Gasteiger partial charge in [-0.05, 0) is 25.7 Å². The van der Waals surface area contributed by atoms with E-state index in [4.69, 9.17) is 4.74 Å². The summed E-state index contributed by atoms with van der Waals surface area (Å²) in [6.07, 6.45) is 7.65. The molecule has 0 bridgehead atoms. The van der Waals surface area contributed by atoms with E-state index in [1.165, 1.54) is 19.3 Å². The number of carbonyl (C=O) groups excluding carboxylic acids is 2. The number of carbonyl (C=O) groups is 2. The van der Waals surface area contributed by atoms with Crippen LogP contribution in [0.4, 0.5) is 0 Å². The molecule has 0 radical (unpaired) electrons. The molecule has 2 aliphatic rings. The number of ether oxygens (including phenoxy) is 1. The summed E-state index contributed by atoms with van der Waals surface area (Å²) in [7, 11) is 0. The normalized spacial score (nSPS) is 23.2. The van der Waals surface area contributed by atoms with E-state index in [9.17, 15) is 9.59 Å². The van der Waals surface area contributed by atoms with Gasteiger partial charge in [-0.25, -0.2) is 0 Å². The van der Waals surface area contributed by atoms with Gasteiger partial charge in [0.25, 0.3) is 0 Å². The Hall–Kier alpha value is -1.10. The molecule has 2 fully saturated rings. The fraction of sp³-hybridized carbons (Fsp3) is 0.875. The molecular weight excluding hydrogens is 268 g/mol. The highest BCUT2D eigenvalue weighted by atomic mass is 16.5. The molecule has 1 N–H and O–H groups in total. The molecule has 0 unspecified atom stereocenters. The molecule has 2 rings (SSSR count). The number of hydrogen-bond acceptors (Lipinski definition) is 3. The lowest BCUT2D eigenvalue weighted by Gasteiger charge is -2.41. The summed E-state index contributed by atoms with van der Waals surface area (Å²) in [5, 5.41) is 2.88. The number of hydrogen-bond donors (Lipinski definition) is 1. The Morgan fingerprint density at radius 1 is 1.19 bits per heavy atom. The van der Waals surface area contributed by atoms with Crippen LogP contribution in [0.5, 0.6) is 0 Å². The minimum Gasteiger partial charge on any atom is -0.376 e. The highest BCUT2D eigenvalue weighted by Gasteiger charge is 2.43. The van der Waals surface area contributed by atoms with Crippen molar-refractivity contribution in [1.82, 2.24) is 10.2 Å². The van der Waals surface area contributed by atoms with Crippen LogP contribution >= 0.6 is 0 Å². The van der Waals surface area contributed by atoms with E-state index >= 15 is 0 Å². The predicted molar refractivity (Wildman–Crippen MR) is 80.9 cm³/mol. The molecule has 2 amide bonds. The second-order valence-corrected chi connectivity index (χ2v) is 6.19. The van der Waals surface area contributed by atoms with E-state index < -0.39 is 5.54 Å². The Morgan fingerprint density at radius 3 is 2.48 bits per heavy atom.